The Balaban J connectivity index is 1.67. The van der Waals surface area contributed by atoms with E-state index in [4.69, 9.17) is 9.47 Å². The number of hydrogen-bond donors (Lipinski definition) is 0. The first-order chi connectivity index (χ1) is 14.1. The Morgan fingerprint density at radius 1 is 0.828 bits per heavy atom. The van der Waals surface area contributed by atoms with Crippen molar-refractivity contribution in [3.05, 3.63) is 54.6 Å². The molecule has 1 atom stereocenters. The normalized spacial score (nSPS) is 11.7. The molecule has 2 aromatic rings. The Kier molecular flexibility index (Phi) is 9.98. The first kappa shape index (κ1) is 22.7. The lowest BCUT2D eigenvalue weighted by molar-refractivity contribution is -0.145. The number of carbonyl (C=O) groups excluding carboxylic acids is 2. The molecule has 0 bridgehead atoms. The summed E-state index contributed by atoms with van der Waals surface area (Å²) in [7, 11) is 0. The van der Waals surface area contributed by atoms with Crippen LogP contribution in [-0.4, -0.2) is 18.5 Å². The van der Waals surface area contributed by atoms with Gasteiger partial charge < -0.3 is 9.47 Å². The number of rotatable bonds is 12. The van der Waals surface area contributed by atoms with E-state index in [-0.39, 0.29) is 24.8 Å². The Hall–Kier alpha value is -2.62. The van der Waals surface area contributed by atoms with E-state index in [1.54, 1.807) is 12.1 Å². The average molecular weight is 397 g/mol. The minimum atomic E-state index is -0.334. The number of esters is 2. The van der Waals surface area contributed by atoms with Crippen molar-refractivity contribution in [2.24, 2.45) is 5.92 Å². The van der Waals surface area contributed by atoms with Gasteiger partial charge in [0, 0.05) is 12.8 Å². The zero-order valence-electron chi connectivity index (χ0n) is 17.6. The lowest BCUT2D eigenvalue weighted by Gasteiger charge is -2.14. The first-order valence-electron chi connectivity index (χ1n) is 10.6. The van der Waals surface area contributed by atoms with Crippen molar-refractivity contribution in [1.29, 1.82) is 0 Å². The highest BCUT2D eigenvalue weighted by molar-refractivity contribution is 5.74. The van der Waals surface area contributed by atoms with Gasteiger partial charge in [-0.15, -0.1) is 0 Å². The summed E-state index contributed by atoms with van der Waals surface area (Å²) in [5.41, 5.74) is 2.18. The van der Waals surface area contributed by atoms with E-state index >= 15 is 0 Å². The molecule has 1 unspecified atom stereocenters. The predicted molar refractivity (Wildman–Crippen MR) is 116 cm³/mol. The Morgan fingerprint density at radius 2 is 1.48 bits per heavy atom. The van der Waals surface area contributed by atoms with E-state index in [2.05, 4.69) is 13.8 Å². The number of ether oxygens (including phenoxy) is 2. The third-order valence-corrected chi connectivity index (χ3v) is 4.98. The molecule has 4 nitrogen and oxygen atoms in total. The van der Waals surface area contributed by atoms with Crippen LogP contribution in [0.2, 0.25) is 0 Å². The molecule has 156 valence electrons. The molecule has 0 radical (unpaired) electrons. The van der Waals surface area contributed by atoms with Gasteiger partial charge in [-0.2, -0.15) is 0 Å². The third kappa shape index (κ3) is 8.51. The monoisotopic (exact) mass is 396 g/mol. The van der Waals surface area contributed by atoms with Gasteiger partial charge in [-0.05, 0) is 42.0 Å². The standard InChI is InChI=1S/C25H32O4/c1-3-5-10-20(4-2)19-28-24(26)13-9-14-25(27)29-23-17-15-22(16-18-23)21-11-7-6-8-12-21/h6-8,11-12,15-18,20H,3-5,9-10,13-14,19H2,1-2H3. The summed E-state index contributed by atoms with van der Waals surface area (Å²) >= 11 is 0. The topological polar surface area (TPSA) is 52.6 Å². The first-order valence-corrected chi connectivity index (χ1v) is 10.6. The Labute approximate surface area is 174 Å². The molecule has 29 heavy (non-hydrogen) atoms. The Bertz CT molecular complexity index is 737. The van der Waals surface area contributed by atoms with Crippen LogP contribution in [0.15, 0.2) is 54.6 Å². The van der Waals surface area contributed by atoms with E-state index in [9.17, 15) is 9.59 Å². The summed E-state index contributed by atoms with van der Waals surface area (Å²) in [4.78, 5) is 23.9. The van der Waals surface area contributed by atoms with Gasteiger partial charge in [0.1, 0.15) is 5.75 Å². The van der Waals surface area contributed by atoms with Crippen molar-refractivity contribution in [2.75, 3.05) is 6.61 Å². The van der Waals surface area contributed by atoms with E-state index < -0.39 is 0 Å². The molecular weight excluding hydrogens is 364 g/mol. The van der Waals surface area contributed by atoms with Crippen LogP contribution in [0.25, 0.3) is 11.1 Å². The van der Waals surface area contributed by atoms with Gasteiger partial charge in [0.15, 0.2) is 0 Å². The molecule has 4 heteroatoms. The molecule has 0 fully saturated rings. The van der Waals surface area contributed by atoms with Crippen LogP contribution in [0.1, 0.15) is 58.8 Å². The van der Waals surface area contributed by atoms with Crippen LogP contribution in [0.3, 0.4) is 0 Å². The minimum absolute atomic E-state index is 0.197. The summed E-state index contributed by atoms with van der Waals surface area (Å²) in [6.07, 6.45) is 5.30. The largest absolute Gasteiger partial charge is 0.465 e. The molecule has 2 rings (SSSR count). The van der Waals surface area contributed by atoms with Crippen LogP contribution in [0.4, 0.5) is 0 Å². The molecule has 0 aliphatic rings. The van der Waals surface area contributed by atoms with Gasteiger partial charge in [-0.3, -0.25) is 9.59 Å². The second kappa shape index (κ2) is 12.8. The van der Waals surface area contributed by atoms with Crippen LogP contribution < -0.4 is 4.74 Å². The fourth-order valence-corrected chi connectivity index (χ4v) is 3.09. The van der Waals surface area contributed by atoms with Crippen molar-refractivity contribution < 1.29 is 19.1 Å². The highest BCUT2D eigenvalue weighted by Crippen LogP contribution is 2.22. The van der Waals surface area contributed by atoms with Crippen molar-refractivity contribution in [3.63, 3.8) is 0 Å². The molecule has 0 heterocycles. The van der Waals surface area contributed by atoms with Crippen LogP contribution in [-0.2, 0) is 14.3 Å². The van der Waals surface area contributed by atoms with Crippen molar-refractivity contribution >= 4 is 11.9 Å². The lowest BCUT2D eigenvalue weighted by Crippen LogP contribution is -2.14. The maximum Gasteiger partial charge on any atom is 0.311 e. The predicted octanol–water partition coefficient (Wildman–Crippen LogP) is 6.19. The van der Waals surface area contributed by atoms with Gasteiger partial charge in [-0.1, -0.05) is 75.6 Å². The molecule has 2 aromatic carbocycles. The van der Waals surface area contributed by atoms with Crippen molar-refractivity contribution in [2.45, 2.75) is 58.8 Å². The fraction of sp³-hybridized carbons (Fsp3) is 0.440. The van der Waals surface area contributed by atoms with Gasteiger partial charge in [0.05, 0.1) is 6.61 Å². The second-order valence-corrected chi connectivity index (χ2v) is 7.32. The SMILES string of the molecule is CCCCC(CC)COC(=O)CCCC(=O)Oc1ccc(-c2ccccc2)cc1. The smallest absolute Gasteiger partial charge is 0.311 e. The molecule has 0 aliphatic carbocycles. The van der Waals surface area contributed by atoms with Gasteiger partial charge >= 0.3 is 11.9 Å². The molecule has 0 saturated heterocycles. The number of benzene rings is 2. The van der Waals surface area contributed by atoms with Gasteiger partial charge in [0.25, 0.3) is 0 Å². The molecule has 0 amide bonds. The van der Waals surface area contributed by atoms with Gasteiger partial charge in [0.2, 0.25) is 0 Å². The second-order valence-electron chi connectivity index (χ2n) is 7.32. The summed E-state index contributed by atoms with van der Waals surface area (Å²) in [6, 6.07) is 17.5. The molecule has 0 saturated carbocycles. The molecule has 0 aromatic heterocycles. The Morgan fingerprint density at radius 3 is 2.14 bits per heavy atom. The average Bonchev–Trinajstić information content (AvgIpc) is 2.75. The number of hydrogen-bond acceptors (Lipinski definition) is 4. The summed E-state index contributed by atoms with van der Waals surface area (Å²) < 4.78 is 10.7. The zero-order valence-corrected chi connectivity index (χ0v) is 17.6. The maximum absolute atomic E-state index is 12.0. The van der Waals surface area contributed by atoms with E-state index in [1.807, 2.05) is 42.5 Å². The van der Waals surface area contributed by atoms with Crippen LogP contribution >= 0.6 is 0 Å². The van der Waals surface area contributed by atoms with Crippen molar-refractivity contribution in [3.8, 4) is 16.9 Å². The lowest BCUT2D eigenvalue weighted by atomic mass is 10.0. The highest BCUT2D eigenvalue weighted by atomic mass is 16.5. The summed E-state index contributed by atoms with van der Waals surface area (Å²) in [6.45, 7) is 4.76. The zero-order chi connectivity index (χ0) is 20.9. The van der Waals surface area contributed by atoms with E-state index in [0.717, 1.165) is 36.8 Å². The quantitative estimate of drug-likeness (QED) is 0.317. The summed E-state index contributed by atoms with van der Waals surface area (Å²) in [5, 5.41) is 0. The summed E-state index contributed by atoms with van der Waals surface area (Å²) in [5.74, 6) is 0.376. The molecular formula is C25H32O4. The van der Waals surface area contributed by atoms with Crippen LogP contribution in [0.5, 0.6) is 5.75 Å². The number of carbonyl (C=O) groups is 2. The third-order valence-electron chi connectivity index (χ3n) is 4.98. The molecule has 0 N–H and O–H groups in total. The molecule has 0 spiro atoms. The fourth-order valence-electron chi connectivity index (χ4n) is 3.09. The minimum Gasteiger partial charge on any atom is -0.465 e. The maximum atomic E-state index is 12.0. The van der Waals surface area contributed by atoms with Gasteiger partial charge in [-0.25, -0.2) is 0 Å². The highest BCUT2D eigenvalue weighted by Gasteiger charge is 2.12. The van der Waals surface area contributed by atoms with Crippen molar-refractivity contribution in [1.82, 2.24) is 0 Å². The molecule has 0 aliphatic heterocycles. The van der Waals surface area contributed by atoms with E-state index in [1.165, 1.54) is 0 Å². The van der Waals surface area contributed by atoms with Crippen LogP contribution in [0, 0.1) is 5.92 Å². The van der Waals surface area contributed by atoms with E-state index in [0.29, 0.717) is 24.7 Å². The number of unbranched alkanes of at least 4 members (excludes halogenated alkanes) is 1.